The molecule has 0 aliphatic heterocycles. The topological polar surface area (TPSA) is 40.5 Å². The maximum absolute atomic E-state index is 12.0. The maximum Gasteiger partial charge on any atom is 0.131 e. The van der Waals surface area contributed by atoms with Gasteiger partial charge in [0, 0.05) is 42.9 Å². The van der Waals surface area contributed by atoms with Crippen LogP contribution in [0.2, 0.25) is 0 Å². The van der Waals surface area contributed by atoms with Gasteiger partial charge in [0.1, 0.15) is 11.5 Å². The van der Waals surface area contributed by atoms with Crippen molar-refractivity contribution < 1.29 is 10.2 Å². The lowest BCUT2D eigenvalue weighted by Gasteiger charge is -2.36. The molecule has 2 N–H and O–H groups in total. The van der Waals surface area contributed by atoms with Crippen molar-refractivity contribution in [3.8, 4) is 11.5 Å². The summed E-state index contributed by atoms with van der Waals surface area (Å²) in [7, 11) is -2.83. The summed E-state index contributed by atoms with van der Waals surface area (Å²) < 4.78 is 0. The summed E-state index contributed by atoms with van der Waals surface area (Å²) in [6.07, 6.45) is 16.8. The van der Waals surface area contributed by atoms with Gasteiger partial charge in [0.05, 0.1) is 0 Å². The van der Waals surface area contributed by atoms with E-state index in [-0.39, 0.29) is 10.8 Å². The zero-order valence-corrected chi connectivity index (χ0v) is 36.7. The molecule has 0 saturated heterocycles. The molecule has 0 bridgehead atoms. The molecule has 2 atom stereocenters. The van der Waals surface area contributed by atoms with E-state index in [1.807, 2.05) is 0 Å². The van der Waals surface area contributed by atoms with Crippen LogP contribution in [0.4, 0.5) is 0 Å². The van der Waals surface area contributed by atoms with Crippen molar-refractivity contribution in [2.24, 2.45) is 0 Å². The second-order valence-electron chi connectivity index (χ2n) is 17.4. The van der Waals surface area contributed by atoms with E-state index in [4.69, 9.17) is 0 Å². The summed E-state index contributed by atoms with van der Waals surface area (Å²) in [4.78, 5) is 4.77. The normalized spacial score (nSPS) is 18.4. The lowest BCUT2D eigenvalue weighted by atomic mass is 9.86. The van der Waals surface area contributed by atoms with E-state index in [0.717, 1.165) is 32.4 Å². The largest absolute Gasteiger partial charge is 0.507 e. The van der Waals surface area contributed by atoms with Crippen molar-refractivity contribution in [1.82, 2.24) is 0 Å². The average molecular weight is 777 g/mol. The Morgan fingerprint density at radius 2 is 0.885 bits per heavy atom. The fourth-order valence-electron chi connectivity index (χ4n) is 7.16. The minimum absolute atomic E-state index is 0.0219. The first-order chi connectivity index (χ1) is 24.4. The minimum atomic E-state index is -1.41. The molecule has 0 aromatic heterocycles. The summed E-state index contributed by atoms with van der Waals surface area (Å²) in [5.41, 5.74) is 4.68. The molecule has 52 heavy (non-hydrogen) atoms. The predicted molar refractivity (Wildman–Crippen MR) is 236 cm³/mol. The van der Waals surface area contributed by atoms with E-state index in [2.05, 4.69) is 175 Å². The number of hydrogen-bond donors (Lipinski definition) is 2. The van der Waals surface area contributed by atoms with Gasteiger partial charge in [-0.2, -0.15) is 43.6 Å². The van der Waals surface area contributed by atoms with E-state index in [1.54, 1.807) is 0 Å². The van der Waals surface area contributed by atoms with Gasteiger partial charge in [0.15, 0.2) is 0 Å². The van der Waals surface area contributed by atoms with Crippen LogP contribution in [0.1, 0.15) is 102 Å². The highest BCUT2D eigenvalue weighted by Gasteiger charge is 2.31. The van der Waals surface area contributed by atoms with Crippen molar-refractivity contribution in [3.63, 3.8) is 0 Å². The molecule has 0 spiro atoms. The lowest BCUT2D eigenvalue weighted by molar-refractivity contribution is 0.454. The van der Waals surface area contributed by atoms with Crippen molar-refractivity contribution in [1.29, 1.82) is 0 Å². The average Bonchev–Trinajstić information content (AvgIpc) is 3.08. The highest BCUT2D eigenvalue weighted by molar-refractivity contribution is 8.33. The Bertz CT molecular complexity index is 1650. The monoisotopic (exact) mass is 776 g/mol. The predicted octanol–water partition coefficient (Wildman–Crippen LogP) is 13.9. The number of aromatic hydroxyl groups is 2. The van der Waals surface area contributed by atoms with Gasteiger partial charge in [-0.1, -0.05) is 116 Å². The van der Waals surface area contributed by atoms with Crippen LogP contribution in [-0.4, -0.2) is 45.7 Å². The van der Waals surface area contributed by atoms with Crippen molar-refractivity contribution in [2.75, 3.05) is 25.0 Å². The maximum atomic E-state index is 12.0. The Kier molecular flexibility index (Phi) is 13.2. The van der Waals surface area contributed by atoms with Crippen LogP contribution in [0.15, 0.2) is 105 Å². The SMILES string of the molecule is CC(C)(C)c1cc(CSC2CCCCCC[C@@H]2SCc2cc(C(C)(C)C)cc(S(C)(C)c3ccccc3)c2O)c(O)c(S(C)(C)c2ccccc2)c1. The van der Waals surface area contributed by atoms with Gasteiger partial charge in [-0.05, 0) is 106 Å². The first-order valence-electron chi connectivity index (χ1n) is 18.9. The van der Waals surface area contributed by atoms with E-state index >= 15 is 0 Å². The van der Waals surface area contributed by atoms with E-state index in [9.17, 15) is 10.2 Å². The van der Waals surface area contributed by atoms with E-state index < -0.39 is 20.1 Å². The highest BCUT2D eigenvalue weighted by Crippen LogP contribution is 2.62. The Morgan fingerprint density at radius 1 is 0.538 bits per heavy atom. The molecule has 4 aromatic rings. The van der Waals surface area contributed by atoms with Crippen LogP contribution in [0.5, 0.6) is 11.5 Å². The number of phenolic OH excluding ortho intramolecular Hbond substituents is 2. The molecular formula is C46H64O2S4. The number of hydrogen-bond acceptors (Lipinski definition) is 4. The van der Waals surface area contributed by atoms with Gasteiger partial charge in [0.2, 0.25) is 0 Å². The molecule has 4 aromatic carbocycles. The number of rotatable bonds is 10. The molecule has 2 nitrogen and oxygen atoms in total. The first kappa shape index (κ1) is 41.1. The molecule has 1 unspecified atom stereocenters. The van der Waals surface area contributed by atoms with Gasteiger partial charge in [-0.25, -0.2) is 0 Å². The molecular weight excluding hydrogens is 713 g/mol. The van der Waals surface area contributed by atoms with Gasteiger partial charge < -0.3 is 10.2 Å². The van der Waals surface area contributed by atoms with Crippen molar-refractivity contribution in [2.45, 2.75) is 132 Å². The molecule has 0 radical (unpaired) electrons. The second kappa shape index (κ2) is 16.7. The Morgan fingerprint density at radius 3 is 1.21 bits per heavy atom. The van der Waals surface area contributed by atoms with Crippen LogP contribution >= 0.6 is 43.6 Å². The van der Waals surface area contributed by atoms with Crippen LogP contribution in [0.3, 0.4) is 0 Å². The van der Waals surface area contributed by atoms with Gasteiger partial charge >= 0.3 is 0 Å². The number of phenols is 2. The Hall–Kier alpha value is -2.12. The van der Waals surface area contributed by atoms with Crippen molar-refractivity contribution in [3.05, 3.63) is 107 Å². The van der Waals surface area contributed by atoms with Crippen molar-refractivity contribution >= 4 is 43.6 Å². The molecule has 1 saturated carbocycles. The fourth-order valence-corrected chi connectivity index (χ4v) is 14.5. The minimum Gasteiger partial charge on any atom is -0.507 e. The Labute approximate surface area is 328 Å². The molecule has 284 valence electrons. The summed E-state index contributed by atoms with van der Waals surface area (Å²) in [6, 6.07) is 30.6. The third kappa shape index (κ3) is 9.57. The van der Waals surface area contributed by atoms with Gasteiger partial charge in [0.25, 0.3) is 0 Å². The molecule has 5 rings (SSSR count). The molecule has 1 aliphatic carbocycles. The fraction of sp³-hybridized carbons (Fsp3) is 0.478. The summed E-state index contributed by atoms with van der Waals surface area (Å²) >= 11 is 4.10. The summed E-state index contributed by atoms with van der Waals surface area (Å²) in [5.74, 6) is 2.58. The van der Waals surface area contributed by atoms with E-state index in [1.165, 1.54) is 59.4 Å². The third-order valence-electron chi connectivity index (χ3n) is 10.9. The smallest absolute Gasteiger partial charge is 0.131 e. The zero-order chi connectivity index (χ0) is 37.9. The Balaban J connectivity index is 1.44. The molecule has 0 amide bonds. The molecule has 0 heterocycles. The summed E-state index contributed by atoms with van der Waals surface area (Å²) in [5, 5.41) is 25.0. The van der Waals surface area contributed by atoms with Gasteiger partial charge in [-0.3, -0.25) is 0 Å². The standard InChI is InChI=1S/C46H64O2S4/c1-45(2,3)35-27-33(43(47)41(29-35)51(7,8)37-21-15-13-16-22-37)31-49-39-25-19-11-12-20-26-40(39)50-32-34-28-36(46(4,5)6)30-42(44(34)48)52(9,10)38-23-17-14-18-24-38/h13-18,21-24,27-30,39-40,47-48H,11-12,19-20,25-26,31-32H2,1-10H3/t39-,40?/m0/s1. The second-order valence-corrected chi connectivity index (χ2v) is 27.0. The summed E-state index contributed by atoms with van der Waals surface area (Å²) in [6.45, 7) is 13.7. The van der Waals surface area contributed by atoms with Crippen LogP contribution in [-0.2, 0) is 22.3 Å². The third-order valence-corrected chi connectivity index (χ3v) is 19.7. The van der Waals surface area contributed by atoms with Gasteiger partial charge in [-0.15, -0.1) is 0 Å². The van der Waals surface area contributed by atoms with Crippen LogP contribution < -0.4 is 0 Å². The number of thioether (sulfide) groups is 2. The van der Waals surface area contributed by atoms with Crippen LogP contribution in [0, 0.1) is 0 Å². The first-order valence-corrected chi connectivity index (χ1v) is 25.9. The number of benzene rings is 4. The van der Waals surface area contributed by atoms with Crippen LogP contribution in [0.25, 0.3) is 0 Å². The highest BCUT2D eigenvalue weighted by atomic mass is 32.3. The molecule has 6 heteroatoms. The zero-order valence-electron chi connectivity index (χ0n) is 33.4. The lowest BCUT2D eigenvalue weighted by Crippen LogP contribution is -2.22. The molecule has 1 fully saturated rings. The quantitative estimate of drug-likeness (QED) is 0.168. The molecule has 1 aliphatic rings. The van der Waals surface area contributed by atoms with E-state index in [0.29, 0.717) is 22.0 Å².